The van der Waals surface area contributed by atoms with Gasteiger partial charge in [-0.05, 0) is 51.0 Å². The van der Waals surface area contributed by atoms with Crippen LogP contribution in [0, 0.1) is 0 Å². The highest BCUT2D eigenvalue weighted by Gasteiger charge is 2.38. The van der Waals surface area contributed by atoms with E-state index in [1.165, 1.54) is 4.31 Å². The zero-order valence-electron chi connectivity index (χ0n) is 16.6. The maximum atomic E-state index is 13.4. The van der Waals surface area contributed by atoms with Crippen molar-refractivity contribution in [2.45, 2.75) is 37.6 Å². The molecule has 29 heavy (non-hydrogen) atoms. The predicted octanol–water partition coefficient (Wildman–Crippen LogP) is 3.89. The molecule has 2 aromatic carbocycles. The lowest BCUT2D eigenvalue weighted by Gasteiger charge is -2.23. The number of fused-ring (bicyclic) bond motifs is 1. The Morgan fingerprint density at radius 2 is 1.86 bits per heavy atom. The van der Waals surface area contributed by atoms with E-state index in [2.05, 4.69) is 9.97 Å². The van der Waals surface area contributed by atoms with E-state index >= 15 is 0 Å². The minimum atomic E-state index is -3.71. The molecule has 1 N–H and O–H groups in total. The Hall–Kier alpha value is -2.58. The number of nitrogens with one attached hydrogen (secondary N) is 1. The number of hydrogen-bond donors (Lipinski definition) is 1. The first-order chi connectivity index (χ1) is 14.0. The molecule has 1 aromatic heterocycles. The summed E-state index contributed by atoms with van der Waals surface area (Å²) in [4.78, 5) is 8.12. The first-order valence-electron chi connectivity index (χ1n) is 9.90. The van der Waals surface area contributed by atoms with Crippen LogP contribution in [0.1, 0.15) is 38.6 Å². The number of imidazole rings is 1. The fourth-order valence-electron chi connectivity index (χ4n) is 3.76. The summed E-state index contributed by atoms with van der Waals surface area (Å²) in [5, 5.41) is 0. The van der Waals surface area contributed by atoms with Crippen LogP contribution >= 0.6 is 0 Å². The number of benzene rings is 2. The monoisotopic (exact) mass is 415 g/mol. The molecule has 0 amide bonds. The average Bonchev–Trinajstić information content (AvgIpc) is 3.36. The van der Waals surface area contributed by atoms with Crippen LogP contribution in [0.2, 0.25) is 0 Å². The summed E-state index contributed by atoms with van der Waals surface area (Å²) in [7, 11) is -3.71. The summed E-state index contributed by atoms with van der Waals surface area (Å²) in [6.45, 7) is 5.10. The number of aromatic nitrogens is 2. The first kappa shape index (κ1) is 19.7. The van der Waals surface area contributed by atoms with Gasteiger partial charge in [-0.1, -0.05) is 12.1 Å². The third-order valence-electron chi connectivity index (χ3n) is 5.05. The van der Waals surface area contributed by atoms with Gasteiger partial charge in [0.2, 0.25) is 10.0 Å². The van der Waals surface area contributed by atoms with E-state index in [9.17, 15) is 8.42 Å². The molecule has 1 saturated heterocycles. The van der Waals surface area contributed by atoms with Crippen LogP contribution < -0.4 is 9.47 Å². The molecule has 0 bridgehead atoms. The molecule has 4 rings (SSSR count). The summed E-state index contributed by atoms with van der Waals surface area (Å²) in [6, 6.07) is 12.2. The molecule has 8 heteroatoms. The zero-order chi connectivity index (χ0) is 20.4. The molecule has 1 aliphatic heterocycles. The first-order valence-corrected chi connectivity index (χ1v) is 11.3. The van der Waals surface area contributed by atoms with Crippen LogP contribution in [0.5, 0.6) is 11.5 Å². The third-order valence-corrected chi connectivity index (χ3v) is 6.95. The third kappa shape index (κ3) is 3.70. The van der Waals surface area contributed by atoms with Crippen molar-refractivity contribution in [3.8, 4) is 11.5 Å². The standard InChI is InChI=1S/C21H25N3O4S/c1-3-27-19-12-11-15(14-20(19)28-4-2)29(25,26)24-13-7-10-18(24)21-22-16-8-5-6-9-17(16)23-21/h5-6,8-9,11-12,14,18H,3-4,7,10,13H2,1-2H3,(H,22,23). The van der Waals surface area contributed by atoms with Gasteiger partial charge in [0.15, 0.2) is 11.5 Å². The lowest BCUT2D eigenvalue weighted by molar-refractivity contribution is 0.286. The summed E-state index contributed by atoms with van der Waals surface area (Å²) in [5.41, 5.74) is 1.75. The Balaban J connectivity index is 1.69. The predicted molar refractivity (Wildman–Crippen MR) is 111 cm³/mol. The molecule has 7 nitrogen and oxygen atoms in total. The molecule has 0 saturated carbocycles. The number of aromatic amines is 1. The molecule has 0 aliphatic carbocycles. The lowest BCUT2D eigenvalue weighted by atomic mass is 10.2. The number of para-hydroxylation sites is 2. The summed E-state index contributed by atoms with van der Waals surface area (Å²) >= 11 is 0. The van der Waals surface area contributed by atoms with Gasteiger partial charge in [0, 0.05) is 12.6 Å². The summed E-state index contributed by atoms with van der Waals surface area (Å²) < 4.78 is 39.6. The van der Waals surface area contributed by atoms with E-state index in [-0.39, 0.29) is 10.9 Å². The topological polar surface area (TPSA) is 84.5 Å². The molecule has 2 heterocycles. The Bertz CT molecular complexity index is 1080. The Morgan fingerprint density at radius 1 is 1.10 bits per heavy atom. The smallest absolute Gasteiger partial charge is 0.243 e. The van der Waals surface area contributed by atoms with Crippen molar-refractivity contribution in [1.82, 2.24) is 14.3 Å². The van der Waals surface area contributed by atoms with Crippen LogP contribution in [-0.2, 0) is 10.0 Å². The molecule has 1 unspecified atom stereocenters. The molecule has 0 radical (unpaired) electrons. The fraction of sp³-hybridized carbons (Fsp3) is 0.381. The van der Waals surface area contributed by atoms with Gasteiger partial charge in [0.05, 0.1) is 35.2 Å². The highest BCUT2D eigenvalue weighted by molar-refractivity contribution is 7.89. The van der Waals surface area contributed by atoms with Crippen LogP contribution in [-0.4, -0.2) is 42.4 Å². The molecular formula is C21H25N3O4S. The summed E-state index contributed by atoms with van der Waals surface area (Å²) in [6.07, 6.45) is 1.52. The Kier molecular flexibility index (Phi) is 5.47. The minimum Gasteiger partial charge on any atom is -0.490 e. The number of ether oxygens (including phenoxy) is 2. The van der Waals surface area contributed by atoms with E-state index < -0.39 is 10.0 Å². The summed E-state index contributed by atoms with van der Waals surface area (Å²) in [5.74, 6) is 1.67. The van der Waals surface area contributed by atoms with E-state index in [1.807, 2.05) is 38.1 Å². The SMILES string of the molecule is CCOc1ccc(S(=O)(=O)N2CCCC2c2nc3ccccc3[nH]2)cc1OCC. The zero-order valence-corrected chi connectivity index (χ0v) is 17.4. The van der Waals surface area contributed by atoms with Crippen LogP contribution in [0.15, 0.2) is 47.4 Å². The van der Waals surface area contributed by atoms with Gasteiger partial charge >= 0.3 is 0 Å². The lowest BCUT2D eigenvalue weighted by Crippen LogP contribution is -2.31. The van der Waals surface area contributed by atoms with E-state index in [4.69, 9.17) is 9.47 Å². The second-order valence-corrected chi connectivity index (χ2v) is 8.78. The van der Waals surface area contributed by atoms with Gasteiger partial charge in [-0.2, -0.15) is 4.31 Å². The largest absolute Gasteiger partial charge is 0.490 e. The van der Waals surface area contributed by atoms with Crippen LogP contribution in [0.25, 0.3) is 11.0 Å². The fourth-order valence-corrected chi connectivity index (χ4v) is 5.44. The molecular weight excluding hydrogens is 390 g/mol. The number of H-pyrrole nitrogens is 1. The molecule has 1 aliphatic rings. The number of nitrogens with zero attached hydrogens (tertiary/aromatic N) is 2. The van der Waals surface area contributed by atoms with E-state index in [0.717, 1.165) is 23.9 Å². The van der Waals surface area contributed by atoms with E-state index in [1.54, 1.807) is 18.2 Å². The average molecular weight is 416 g/mol. The maximum absolute atomic E-state index is 13.4. The van der Waals surface area contributed by atoms with Gasteiger partial charge < -0.3 is 14.5 Å². The normalized spacial score (nSPS) is 17.7. The molecule has 1 atom stereocenters. The maximum Gasteiger partial charge on any atom is 0.243 e. The van der Waals surface area contributed by atoms with Gasteiger partial charge in [-0.25, -0.2) is 13.4 Å². The van der Waals surface area contributed by atoms with Crippen LogP contribution in [0.3, 0.4) is 0 Å². The second-order valence-electron chi connectivity index (χ2n) is 6.89. The van der Waals surface area contributed by atoms with Crippen molar-refractivity contribution in [2.75, 3.05) is 19.8 Å². The van der Waals surface area contributed by atoms with Crippen molar-refractivity contribution >= 4 is 21.1 Å². The Morgan fingerprint density at radius 3 is 2.62 bits per heavy atom. The van der Waals surface area contributed by atoms with Gasteiger partial charge in [-0.15, -0.1) is 0 Å². The molecule has 0 spiro atoms. The van der Waals surface area contributed by atoms with Crippen molar-refractivity contribution < 1.29 is 17.9 Å². The van der Waals surface area contributed by atoms with Crippen molar-refractivity contribution in [3.05, 3.63) is 48.3 Å². The van der Waals surface area contributed by atoms with E-state index in [0.29, 0.717) is 37.1 Å². The molecule has 3 aromatic rings. The van der Waals surface area contributed by atoms with Gasteiger partial charge in [0.25, 0.3) is 0 Å². The highest BCUT2D eigenvalue weighted by Crippen LogP contribution is 2.38. The number of sulfonamides is 1. The van der Waals surface area contributed by atoms with Crippen molar-refractivity contribution in [3.63, 3.8) is 0 Å². The van der Waals surface area contributed by atoms with Gasteiger partial charge in [0.1, 0.15) is 5.82 Å². The minimum absolute atomic E-state index is 0.201. The second kappa shape index (κ2) is 8.04. The number of rotatable bonds is 7. The van der Waals surface area contributed by atoms with Gasteiger partial charge in [-0.3, -0.25) is 0 Å². The van der Waals surface area contributed by atoms with Crippen LogP contribution in [0.4, 0.5) is 0 Å². The Labute approximate surface area is 170 Å². The van der Waals surface area contributed by atoms with Crippen molar-refractivity contribution in [2.24, 2.45) is 0 Å². The number of hydrogen-bond acceptors (Lipinski definition) is 5. The highest BCUT2D eigenvalue weighted by atomic mass is 32.2. The molecule has 1 fully saturated rings. The quantitative estimate of drug-likeness (QED) is 0.633. The van der Waals surface area contributed by atoms with Crippen molar-refractivity contribution in [1.29, 1.82) is 0 Å². The molecule has 154 valence electrons.